The van der Waals surface area contributed by atoms with Gasteiger partial charge in [0.25, 0.3) is 0 Å². The van der Waals surface area contributed by atoms with Gasteiger partial charge < -0.3 is 10.1 Å². The van der Waals surface area contributed by atoms with Crippen molar-refractivity contribution >= 4 is 0 Å². The van der Waals surface area contributed by atoms with Crippen LogP contribution in [-0.2, 0) is 17.4 Å². The van der Waals surface area contributed by atoms with E-state index in [0.29, 0.717) is 0 Å². The van der Waals surface area contributed by atoms with E-state index >= 15 is 0 Å². The van der Waals surface area contributed by atoms with E-state index in [2.05, 4.69) is 72.8 Å². The third-order valence-corrected chi connectivity index (χ3v) is 3.50. The summed E-state index contributed by atoms with van der Waals surface area (Å²) < 4.78 is 6.24. The van der Waals surface area contributed by atoms with E-state index in [-0.39, 0.29) is 16.9 Å². The van der Waals surface area contributed by atoms with Gasteiger partial charge in [0, 0.05) is 17.7 Å². The van der Waals surface area contributed by atoms with E-state index in [9.17, 15) is 0 Å². The van der Waals surface area contributed by atoms with Gasteiger partial charge >= 0.3 is 0 Å². The van der Waals surface area contributed by atoms with Gasteiger partial charge in [-0.2, -0.15) is 0 Å². The third-order valence-electron chi connectivity index (χ3n) is 3.50. The minimum Gasteiger partial charge on any atom is -0.490 e. The first-order chi connectivity index (χ1) is 9.46. The van der Waals surface area contributed by atoms with E-state index in [1.54, 1.807) is 0 Å². The molecule has 0 amide bonds. The Morgan fingerprint density at radius 3 is 1.67 bits per heavy atom. The Balaban J connectivity index is 3.61. The Hall–Kier alpha value is -1.02. The maximum Gasteiger partial charge on any atom is 0.127 e. The van der Waals surface area contributed by atoms with Crippen molar-refractivity contribution in [3.8, 4) is 5.75 Å². The number of hydrogen-bond donors (Lipinski definition) is 1. The quantitative estimate of drug-likeness (QED) is 0.861. The molecule has 21 heavy (non-hydrogen) atoms. The molecule has 1 rings (SSSR count). The van der Waals surface area contributed by atoms with Crippen LogP contribution < -0.4 is 10.1 Å². The summed E-state index contributed by atoms with van der Waals surface area (Å²) in [6, 6.07) is 4.59. The molecule has 0 radical (unpaired) electrons. The van der Waals surface area contributed by atoms with E-state index in [4.69, 9.17) is 4.74 Å². The van der Waals surface area contributed by atoms with Crippen LogP contribution in [-0.4, -0.2) is 13.2 Å². The minimum atomic E-state index is 0.0635. The van der Waals surface area contributed by atoms with Gasteiger partial charge in [-0.3, -0.25) is 0 Å². The normalized spacial score (nSPS) is 12.9. The highest BCUT2D eigenvalue weighted by atomic mass is 16.5. The predicted molar refractivity (Wildman–Crippen MR) is 92.4 cm³/mol. The molecule has 1 aromatic carbocycles. The zero-order valence-electron chi connectivity index (χ0n) is 15.3. The van der Waals surface area contributed by atoms with Crippen LogP contribution in [0.25, 0.3) is 0 Å². The molecule has 0 aliphatic heterocycles. The van der Waals surface area contributed by atoms with Crippen molar-refractivity contribution in [2.45, 2.75) is 78.9 Å². The monoisotopic (exact) mass is 291 g/mol. The molecule has 0 fully saturated rings. The van der Waals surface area contributed by atoms with E-state index < -0.39 is 0 Å². The first-order valence-corrected chi connectivity index (χ1v) is 7.96. The van der Waals surface area contributed by atoms with Crippen LogP contribution in [0.2, 0.25) is 0 Å². The van der Waals surface area contributed by atoms with Crippen molar-refractivity contribution in [2.75, 3.05) is 7.05 Å². The summed E-state index contributed by atoms with van der Waals surface area (Å²) in [7, 11) is 1.99. The largest absolute Gasteiger partial charge is 0.490 e. The minimum absolute atomic E-state index is 0.0635. The van der Waals surface area contributed by atoms with Crippen molar-refractivity contribution < 1.29 is 4.74 Å². The number of rotatable bonds is 4. The van der Waals surface area contributed by atoms with Crippen LogP contribution in [0.1, 0.15) is 72.1 Å². The first-order valence-electron chi connectivity index (χ1n) is 7.96. The topological polar surface area (TPSA) is 21.3 Å². The van der Waals surface area contributed by atoms with Gasteiger partial charge in [-0.1, -0.05) is 53.7 Å². The lowest BCUT2D eigenvalue weighted by Crippen LogP contribution is -2.23. The molecule has 0 heterocycles. The van der Waals surface area contributed by atoms with E-state index in [0.717, 1.165) is 12.3 Å². The zero-order chi connectivity index (χ0) is 16.4. The molecule has 0 aromatic heterocycles. The van der Waals surface area contributed by atoms with Gasteiger partial charge in [-0.25, -0.2) is 0 Å². The van der Waals surface area contributed by atoms with Crippen LogP contribution in [0.4, 0.5) is 0 Å². The second kappa shape index (κ2) is 6.39. The van der Waals surface area contributed by atoms with Gasteiger partial charge in [-0.05, 0) is 37.3 Å². The van der Waals surface area contributed by atoms with Gasteiger partial charge in [-0.15, -0.1) is 0 Å². The SMILES string of the molecule is CNCc1cc(C(C)(C)C)c(OC(C)C)c(C(C)(C)C)c1. The molecule has 0 atom stereocenters. The highest BCUT2D eigenvalue weighted by Crippen LogP contribution is 2.41. The van der Waals surface area contributed by atoms with Crippen LogP contribution in [0.5, 0.6) is 5.75 Å². The lowest BCUT2D eigenvalue weighted by Gasteiger charge is -2.31. The smallest absolute Gasteiger partial charge is 0.127 e. The van der Waals surface area contributed by atoms with Gasteiger partial charge in [0.15, 0.2) is 0 Å². The van der Waals surface area contributed by atoms with E-state index in [1.165, 1.54) is 16.7 Å². The zero-order valence-corrected chi connectivity index (χ0v) is 15.3. The van der Waals surface area contributed by atoms with Gasteiger partial charge in [0.1, 0.15) is 5.75 Å². The summed E-state index contributed by atoms with van der Waals surface area (Å²) >= 11 is 0. The first kappa shape index (κ1) is 18.0. The summed E-state index contributed by atoms with van der Waals surface area (Å²) in [6.07, 6.45) is 0.183. The molecule has 1 N–H and O–H groups in total. The summed E-state index contributed by atoms with van der Waals surface area (Å²) in [5.74, 6) is 1.07. The summed E-state index contributed by atoms with van der Waals surface area (Å²) in [5.41, 5.74) is 4.05. The Bertz CT molecular complexity index is 440. The fourth-order valence-electron chi connectivity index (χ4n) is 2.47. The second-order valence-corrected chi connectivity index (χ2v) is 8.22. The van der Waals surface area contributed by atoms with Crippen LogP contribution >= 0.6 is 0 Å². The molecule has 2 nitrogen and oxygen atoms in total. The van der Waals surface area contributed by atoms with Crippen LogP contribution in [0, 0.1) is 0 Å². The van der Waals surface area contributed by atoms with Crippen molar-refractivity contribution in [1.82, 2.24) is 5.32 Å². The van der Waals surface area contributed by atoms with Crippen LogP contribution in [0.3, 0.4) is 0 Å². The van der Waals surface area contributed by atoms with Gasteiger partial charge in [0.2, 0.25) is 0 Å². The highest BCUT2D eigenvalue weighted by Gasteiger charge is 2.28. The Labute approximate surface area is 131 Å². The molecule has 0 unspecified atom stereocenters. The highest BCUT2D eigenvalue weighted by molar-refractivity contribution is 5.51. The maximum atomic E-state index is 6.24. The van der Waals surface area contributed by atoms with Gasteiger partial charge in [0.05, 0.1) is 6.10 Å². The van der Waals surface area contributed by atoms with E-state index in [1.807, 2.05) is 7.05 Å². The molecule has 0 aliphatic rings. The molecule has 0 aliphatic carbocycles. The number of ether oxygens (including phenoxy) is 1. The maximum absolute atomic E-state index is 6.24. The average Bonchev–Trinajstić information content (AvgIpc) is 2.27. The Morgan fingerprint density at radius 2 is 1.38 bits per heavy atom. The summed E-state index contributed by atoms with van der Waals surface area (Å²) in [5, 5.41) is 3.26. The fourth-order valence-corrected chi connectivity index (χ4v) is 2.47. The predicted octanol–water partition coefficient (Wildman–Crippen LogP) is 4.79. The molecule has 2 heteroatoms. The molecule has 120 valence electrons. The molecule has 0 spiro atoms. The molecular formula is C19H33NO. The third kappa shape index (κ3) is 4.74. The average molecular weight is 291 g/mol. The second-order valence-electron chi connectivity index (χ2n) is 8.22. The lowest BCUT2D eigenvalue weighted by atomic mass is 9.78. The van der Waals surface area contributed by atoms with Crippen LogP contribution in [0.15, 0.2) is 12.1 Å². The lowest BCUT2D eigenvalue weighted by molar-refractivity contribution is 0.230. The molecule has 0 saturated carbocycles. The Kier molecular flexibility index (Phi) is 5.49. The Morgan fingerprint density at radius 1 is 0.952 bits per heavy atom. The van der Waals surface area contributed by atoms with Crippen molar-refractivity contribution in [1.29, 1.82) is 0 Å². The molecule has 1 aromatic rings. The van der Waals surface area contributed by atoms with Crippen molar-refractivity contribution in [2.24, 2.45) is 0 Å². The van der Waals surface area contributed by atoms with Crippen molar-refractivity contribution in [3.05, 3.63) is 28.8 Å². The summed E-state index contributed by atoms with van der Waals surface area (Å²) in [4.78, 5) is 0. The fraction of sp³-hybridized carbons (Fsp3) is 0.684. The molecule has 0 bridgehead atoms. The number of nitrogens with one attached hydrogen (secondary N) is 1. The molecule has 0 saturated heterocycles. The molecular weight excluding hydrogens is 258 g/mol. The standard InChI is InChI=1S/C19H33NO/c1-13(2)21-17-15(18(3,4)5)10-14(12-20-9)11-16(17)19(6,7)8/h10-11,13,20H,12H2,1-9H3. The number of benzene rings is 1. The van der Waals surface area contributed by atoms with Crippen molar-refractivity contribution in [3.63, 3.8) is 0 Å². The summed E-state index contributed by atoms with van der Waals surface area (Å²) in [6.45, 7) is 18.6. The number of hydrogen-bond acceptors (Lipinski definition) is 2.